The van der Waals surface area contributed by atoms with Crippen molar-refractivity contribution in [3.8, 4) is 0 Å². The van der Waals surface area contributed by atoms with Gasteiger partial charge in [-0.15, -0.1) is 0 Å². The summed E-state index contributed by atoms with van der Waals surface area (Å²) in [5.74, 6) is -0.261. The van der Waals surface area contributed by atoms with Crippen molar-refractivity contribution in [3.05, 3.63) is 0 Å². The summed E-state index contributed by atoms with van der Waals surface area (Å²) in [7, 11) is 1.34. The third-order valence-corrected chi connectivity index (χ3v) is 3.97. The molecule has 0 heterocycles. The summed E-state index contributed by atoms with van der Waals surface area (Å²) in [5.41, 5.74) is 5.74. The van der Waals surface area contributed by atoms with Crippen LogP contribution in [0.15, 0.2) is 0 Å². The zero-order valence-corrected chi connectivity index (χ0v) is 12.1. The Hall–Kier alpha value is -1.10. The van der Waals surface area contributed by atoms with Crippen LogP contribution in [0, 0.1) is 17.8 Å². The van der Waals surface area contributed by atoms with Crippen molar-refractivity contribution in [3.63, 3.8) is 0 Å². The summed E-state index contributed by atoms with van der Waals surface area (Å²) in [4.78, 5) is 24.0. The van der Waals surface area contributed by atoms with Crippen LogP contribution in [-0.2, 0) is 14.3 Å². The second-order valence-electron chi connectivity index (χ2n) is 5.64. The Morgan fingerprint density at radius 2 is 1.95 bits per heavy atom. The largest absolute Gasteiger partial charge is 0.467 e. The van der Waals surface area contributed by atoms with Gasteiger partial charge in [-0.3, -0.25) is 4.79 Å². The van der Waals surface area contributed by atoms with Gasteiger partial charge in [0, 0.05) is 5.92 Å². The van der Waals surface area contributed by atoms with E-state index < -0.39 is 6.04 Å². The molecule has 5 heteroatoms. The molecular weight excluding hydrogens is 244 g/mol. The van der Waals surface area contributed by atoms with Crippen LogP contribution >= 0.6 is 0 Å². The lowest BCUT2D eigenvalue weighted by Gasteiger charge is -2.31. The number of amides is 1. The Balaban J connectivity index is 2.67. The number of carbonyl (C=O) groups excluding carboxylic acids is 2. The number of nitrogens with one attached hydrogen (secondary N) is 1. The number of hydrogen-bond donors (Lipinski definition) is 2. The molecular formula is C14H26N2O3. The van der Waals surface area contributed by atoms with E-state index in [-0.39, 0.29) is 29.6 Å². The molecule has 3 N–H and O–H groups in total. The molecule has 2 unspecified atom stereocenters. The molecule has 0 bridgehead atoms. The van der Waals surface area contributed by atoms with Crippen LogP contribution in [0.5, 0.6) is 0 Å². The lowest BCUT2D eigenvalue weighted by atomic mass is 9.78. The summed E-state index contributed by atoms with van der Waals surface area (Å²) in [5, 5.41) is 2.83. The zero-order chi connectivity index (χ0) is 14.4. The highest BCUT2D eigenvalue weighted by Crippen LogP contribution is 2.29. The van der Waals surface area contributed by atoms with Gasteiger partial charge in [0.2, 0.25) is 5.91 Å². The zero-order valence-electron chi connectivity index (χ0n) is 12.1. The van der Waals surface area contributed by atoms with E-state index in [1.54, 1.807) is 0 Å². The molecule has 0 aromatic rings. The Morgan fingerprint density at radius 3 is 2.47 bits per heavy atom. The first-order chi connectivity index (χ1) is 9.01. The number of methoxy groups -OCH3 is 1. The molecule has 19 heavy (non-hydrogen) atoms. The molecule has 0 radical (unpaired) electrons. The van der Waals surface area contributed by atoms with Crippen LogP contribution in [0.2, 0.25) is 0 Å². The monoisotopic (exact) mass is 270 g/mol. The summed E-state index contributed by atoms with van der Waals surface area (Å²) < 4.78 is 4.74. The molecule has 1 amide bonds. The topological polar surface area (TPSA) is 81.4 Å². The molecule has 1 rings (SSSR count). The number of hydrogen-bond acceptors (Lipinski definition) is 4. The van der Waals surface area contributed by atoms with Gasteiger partial charge in [0.15, 0.2) is 0 Å². The van der Waals surface area contributed by atoms with E-state index in [0.717, 1.165) is 25.7 Å². The minimum absolute atomic E-state index is 0.0105. The fraction of sp³-hybridized carbons (Fsp3) is 0.857. The summed E-state index contributed by atoms with van der Waals surface area (Å²) in [6, 6.07) is -0.571. The highest BCUT2D eigenvalue weighted by atomic mass is 16.5. The van der Waals surface area contributed by atoms with Crippen LogP contribution in [0.1, 0.15) is 39.5 Å². The van der Waals surface area contributed by atoms with Crippen molar-refractivity contribution in [2.45, 2.75) is 45.6 Å². The Morgan fingerprint density at radius 1 is 1.32 bits per heavy atom. The fourth-order valence-electron chi connectivity index (χ4n) is 2.72. The van der Waals surface area contributed by atoms with Crippen molar-refractivity contribution < 1.29 is 14.3 Å². The average molecular weight is 270 g/mol. The molecule has 3 atom stereocenters. The smallest absolute Gasteiger partial charge is 0.328 e. The first-order valence-electron chi connectivity index (χ1n) is 7.09. The average Bonchev–Trinajstić information content (AvgIpc) is 2.43. The Labute approximate surface area is 115 Å². The third-order valence-electron chi connectivity index (χ3n) is 3.97. The van der Waals surface area contributed by atoms with Gasteiger partial charge in [-0.05, 0) is 31.2 Å². The van der Waals surface area contributed by atoms with E-state index in [1.807, 2.05) is 13.8 Å². The van der Waals surface area contributed by atoms with Gasteiger partial charge < -0.3 is 15.8 Å². The summed E-state index contributed by atoms with van der Waals surface area (Å²) in [6.07, 6.45) is 4.05. The van der Waals surface area contributed by atoms with Crippen LogP contribution < -0.4 is 11.1 Å². The van der Waals surface area contributed by atoms with Gasteiger partial charge in [0.1, 0.15) is 6.04 Å². The Bertz CT molecular complexity index is 318. The quantitative estimate of drug-likeness (QED) is 0.732. The van der Waals surface area contributed by atoms with Crippen molar-refractivity contribution >= 4 is 11.9 Å². The first kappa shape index (κ1) is 16.0. The van der Waals surface area contributed by atoms with Crippen LogP contribution in [0.3, 0.4) is 0 Å². The van der Waals surface area contributed by atoms with E-state index >= 15 is 0 Å². The van der Waals surface area contributed by atoms with E-state index in [2.05, 4.69) is 5.32 Å². The lowest BCUT2D eigenvalue weighted by molar-refractivity contribution is -0.147. The van der Waals surface area contributed by atoms with E-state index in [9.17, 15) is 9.59 Å². The van der Waals surface area contributed by atoms with Crippen LogP contribution in [0.4, 0.5) is 0 Å². The predicted octanol–water partition coefficient (Wildman–Crippen LogP) is 1.07. The van der Waals surface area contributed by atoms with Crippen molar-refractivity contribution in [2.24, 2.45) is 23.5 Å². The summed E-state index contributed by atoms with van der Waals surface area (Å²) in [6.45, 7) is 4.31. The number of rotatable bonds is 5. The van der Waals surface area contributed by atoms with E-state index in [0.29, 0.717) is 6.54 Å². The first-order valence-corrected chi connectivity index (χ1v) is 7.09. The molecule has 0 spiro atoms. The molecule has 0 aliphatic heterocycles. The Kier molecular flexibility index (Phi) is 6.28. The minimum atomic E-state index is -0.571. The van der Waals surface area contributed by atoms with Gasteiger partial charge in [-0.1, -0.05) is 26.7 Å². The van der Waals surface area contributed by atoms with Gasteiger partial charge >= 0.3 is 5.97 Å². The van der Waals surface area contributed by atoms with Crippen molar-refractivity contribution in [1.82, 2.24) is 5.32 Å². The second kappa shape index (κ2) is 7.48. The SMILES string of the molecule is COC(=O)[C@@H](NC(=O)C1CCCCC1CN)C(C)C. The van der Waals surface area contributed by atoms with Crippen molar-refractivity contribution in [1.29, 1.82) is 0 Å². The standard InChI is InChI=1S/C14H26N2O3/c1-9(2)12(14(18)19-3)16-13(17)11-7-5-4-6-10(11)8-15/h9-12H,4-8,15H2,1-3H3,(H,16,17)/t10?,11?,12-/m0/s1. The van der Waals surface area contributed by atoms with Gasteiger partial charge in [0.05, 0.1) is 7.11 Å². The molecule has 0 aromatic heterocycles. The minimum Gasteiger partial charge on any atom is -0.467 e. The van der Waals surface area contributed by atoms with Crippen molar-refractivity contribution in [2.75, 3.05) is 13.7 Å². The maximum absolute atomic E-state index is 12.3. The van der Waals surface area contributed by atoms with Gasteiger partial charge in [-0.2, -0.15) is 0 Å². The molecule has 0 aromatic carbocycles. The van der Waals surface area contributed by atoms with E-state index in [1.165, 1.54) is 7.11 Å². The van der Waals surface area contributed by atoms with Gasteiger partial charge in [0.25, 0.3) is 0 Å². The molecule has 0 saturated heterocycles. The number of ether oxygens (including phenoxy) is 1. The van der Waals surface area contributed by atoms with Gasteiger partial charge in [-0.25, -0.2) is 4.79 Å². The lowest BCUT2D eigenvalue weighted by Crippen LogP contribution is -2.49. The second-order valence-corrected chi connectivity index (χ2v) is 5.64. The summed E-state index contributed by atoms with van der Waals surface area (Å²) >= 11 is 0. The van der Waals surface area contributed by atoms with E-state index in [4.69, 9.17) is 10.5 Å². The van der Waals surface area contributed by atoms with Crippen LogP contribution in [0.25, 0.3) is 0 Å². The highest BCUT2D eigenvalue weighted by molar-refractivity contribution is 5.86. The molecule has 1 saturated carbocycles. The highest BCUT2D eigenvalue weighted by Gasteiger charge is 2.33. The fourth-order valence-corrected chi connectivity index (χ4v) is 2.72. The molecule has 110 valence electrons. The van der Waals surface area contributed by atoms with Crippen LogP contribution in [-0.4, -0.2) is 31.6 Å². The molecule has 5 nitrogen and oxygen atoms in total. The molecule has 1 fully saturated rings. The predicted molar refractivity (Wildman–Crippen MR) is 73.3 cm³/mol. The maximum Gasteiger partial charge on any atom is 0.328 e. The number of esters is 1. The number of nitrogens with two attached hydrogens (primary N) is 1. The maximum atomic E-state index is 12.3. The molecule has 1 aliphatic carbocycles. The molecule has 1 aliphatic rings. The normalized spacial score (nSPS) is 24.9. The third kappa shape index (κ3) is 4.20. The number of carbonyl (C=O) groups is 2.